The Morgan fingerprint density at radius 3 is 2.89 bits per heavy atom. The fourth-order valence-electron chi connectivity index (χ4n) is 1.52. The average molecular weight is 276 g/mol. The van der Waals surface area contributed by atoms with Crippen molar-refractivity contribution in [2.24, 2.45) is 0 Å². The number of nitriles is 1. The van der Waals surface area contributed by atoms with Gasteiger partial charge < -0.3 is 4.98 Å². The molecular formula is C12H12N4O2S. The first-order valence-corrected chi connectivity index (χ1v) is 7.10. The number of rotatable bonds is 4. The molecule has 0 bridgehead atoms. The van der Waals surface area contributed by atoms with E-state index < -0.39 is 10.0 Å². The molecule has 0 aliphatic carbocycles. The van der Waals surface area contributed by atoms with Gasteiger partial charge in [-0.3, -0.25) is 4.72 Å². The molecule has 0 aliphatic rings. The SMILES string of the molecule is CCc1ncc(S(=O)(=O)Nc2cccc(C#N)c2)[nH]1. The Bertz CT molecular complexity index is 728. The maximum atomic E-state index is 12.1. The van der Waals surface area contributed by atoms with Gasteiger partial charge in [-0.25, -0.2) is 4.98 Å². The zero-order valence-corrected chi connectivity index (χ0v) is 11.0. The van der Waals surface area contributed by atoms with E-state index in [-0.39, 0.29) is 5.03 Å². The summed E-state index contributed by atoms with van der Waals surface area (Å²) in [6.07, 6.45) is 1.90. The summed E-state index contributed by atoms with van der Waals surface area (Å²) in [7, 11) is -3.71. The number of nitrogens with zero attached hydrogens (tertiary/aromatic N) is 2. The van der Waals surface area contributed by atoms with Crippen LogP contribution in [0, 0.1) is 11.3 Å². The van der Waals surface area contributed by atoms with E-state index in [0.717, 1.165) is 0 Å². The number of aryl methyl sites for hydroxylation is 1. The van der Waals surface area contributed by atoms with E-state index in [2.05, 4.69) is 14.7 Å². The number of hydrogen-bond acceptors (Lipinski definition) is 4. The molecule has 98 valence electrons. The molecule has 0 saturated carbocycles. The van der Waals surface area contributed by atoms with Crippen LogP contribution >= 0.6 is 0 Å². The number of aromatic nitrogens is 2. The van der Waals surface area contributed by atoms with Crippen molar-refractivity contribution < 1.29 is 8.42 Å². The summed E-state index contributed by atoms with van der Waals surface area (Å²) in [5.74, 6) is 0.603. The van der Waals surface area contributed by atoms with Gasteiger partial charge in [-0.1, -0.05) is 13.0 Å². The molecule has 0 unspecified atom stereocenters. The van der Waals surface area contributed by atoms with Crippen LogP contribution in [0.2, 0.25) is 0 Å². The van der Waals surface area contributed by atoms with E-state index in [1.807, 2.05) is 13.0 Å². The lowest BCUT2D eigenvalue weighted by Gasteiger charge is -2.06. The number of H-pyrrole nitrogens is 1. The van der Waals surface area contributed by atoms with Crippen LogP contribution in [0.1, 0.15) is 18.3 Å². The van der Waals surface area contributed by atoms with E-state index >= 15 is 0 Å². The maximum absolute atomic E-state index is 12.1. The third kappa shape index (κ3) is 2.92. The molecule has 2 N–H and O–H groups in total. The lowest BCUT2D eigenvalue weighted by molar-refractivity contribution is 0.598. The Labute approximate surface area is 111 Å². The zero-order valence-electron chi connectivity index (χ0n) is 10.2. The van der Waals surface area contributed by atoms with Crippen LogP contribution in [-0.2, 0) is 16.4 Å². The quantitative estimate of drug-likeness (QED) is 0.886. The van der Waals surface area contributed by atoms with Gasteiger partial charge in [-0.05, 0) is 18.2 Å². The fraction of sp³-hybridized carbons (Fsp3) is 0.167. The molecule has 1 aromatic heterocycles. The summed E-state index contributed by atoms with van der Waals surface area (Å²) in [6, 6.07) is 8.21. The van der Waals surface area contributed by atoms with Crippen molar-refractivity contribution in [3.63, 3.8) is 0 Å². The second kappa shape index (κ2) is 5.12. The van der Waals surface area contributed by atoms with Crippen LogP contribution in [0.3, 0.4) is 0 Å². The number of anilines is 1. The smallest absolute Gasteiger partial charge is 0.278 e. The third-order valence-corrected chi connectivity index (χ3v) is 3.76. The first-order valence-electron chi connectivity index (χ1n) is 5.62. The second-order valence-electron chi connectivity index (χ2n) is 3.85. The Morgan fingerprint density at radius 2 is 2.26 bits per heavy atom. The molecule has 0 amide bonds. The largest absolute Gasteiger partial charge is 0.332 e. The topological polar surface area (TPSA) is 98.6 Å². The fourth-order valence-corrected chi connectivity index (χ4v) is 2.51. The van der Waals surface area contributed by atoms with E-state index in [4.69, 9.17) is 5.26 Å². The lowest BCUT2D eigenvalue weighted by atomic mass is 10.2. The highest BCUT2D eigenvalue weighted by Crippen LogP contribution is 2.15. The van der Waals surface area contributed by atoms with Gasteiger partial charge in [0.15, 0.2) is 5.03 Å². The predicted molar refractivity (Wildman–Crippen MR) is 69.9 cm³/mol. The molecule has 1 heterocycles. The highest BCUT2D eigenvalue weighted by atomic mass is 32.2. The molecule has 0 atom stereocenters. The van der Waals surface area contributed by atoms with Gasteiger partial charge in [0.05, 0.1) is 23.5 Å². The molecule has 19 heavy (non-hydrogen) atoms. The normalized spacial score (nSPS) is 10.9. The van der Waals surface area contributed by atoms with Crippen molar-refractivity contribution in [2.45, 2.75) is 18.4 Å². The molecule has 7 heteroatoms. The van der Waals surface area contributed by atoms with Gasteiger partial charge in [0.1, 0.15) is 5.82 Å². The molecule has 2 aromatic rings. The molecular weight excluding hydrogens is 264 g/mol. The van der Waals surface area contributed by atoms with Crippen molar-refractivity contribution in [1.29, 1.82) is 5.26 Å². The summed E-state index contributed by atoms with van der Waals surface area (Å²) in [4.78, 5) is 6.67. The van der Waals surface area contributed by atoms with Gasteiger partial charge in [-0.15, -0.1) is 0 Å². The first kappa shape index (κ1) is 13.1. The molecule has 0 radical (unpaired) electrons. The van der Waals surface area contributed by atoms with Crippen molar-refractivity contribution in [1.82, 2.24) is 9.97 Å². The van der Waals surface area contributed by atoms with Crippen LogP contribution in [0.15, 0.2) is 35.5 Å². The molecule has 0 aliphatic heterocycles. The Balaban J connectivity index is 2.28. The number of imidazole rings is 1. The van der Waals surface area contributed by atoms with E-state index in [0.29, 0.717) is 23.5 Å². The minimum atomic E-state index is -3.71. The number of aromatic amines is 1. The van der Waals surface area contributed by atoms with E-state index in [1.54, 1.807) is 18.2 Å². The standard InChI is InChI=1S/C12H12N4O2S/c1-2-11-14-8-12(15-11)19(17,18)16-10-5-3-4-9(6-10)7-13/h3-6,8,16H,2H2,1H3,(H,14,15). The van der Waals surface area contributed by atoms with E-state index in [9.17, 15) is 8.42 Å². The van der Waals surface area contributed by atoms with Crippen molar-refractivity contribution in [3.8, 4) is 6.07 Å². The molecule has 0 fully saturated rings. The van der Waals surface area contributed by atoms with Crippen LogP contribution < -0.4 is 4.72 Å². The van der Waals surface area contributed by atoms with Gasteiger partial charge in [0.2, 0.25) is 0 Å². The van der Waals surface area contributed by atoms with Crippen LogP contribution in [-0.4, -0.2) is 18.4 Å². The molecule has 6 nitrogen and oxygen atoms in total. The number of sulfonamides is 1. The Kier molecular flexibility index (Phi) is 3.53. The monoisotopic (exact) mass is 276 g/mol. The third-order valence-electron chi connectivity index (χ3n) is 2.47. The van der Waals surface area contributed by atoms with Crippen molar-refractivity contribution >= 4 is 15.7 Å². The summed E-state index contributed by atoms with van der Waals surface area (Å²) < 4.78 is 26.5. The maximum Gasteiger partial charge on any atom is 0.278 e. The van der Waals surface area contributed by atoms with Crippen LogP contribution in [0.4, 0.5) is 5.69 Å². The summed E-state index contributed by atoms with van der Waals surface area (Å²) in [6.45, 7) is 1.87. The average Bonchev–Trinajstić information content (AvgIpc) is 2.88. The van der Waals surface area contributed by atoms with Gasteiger partial charge in [0.25, 0.3) is 10.0 Å². The van der Waals surface area contributed by atoms with Crippen LogP contribution in [0.25, 0.3) is 0 Å². The summed E-state index contributed by atoms with van der Waals surface area (Å²) >= 11 is 0. The number of benzene rings is 1. The first-order chi connectivity index (χ1) is 9.05. The molecule has 0 spiro atoms. The highest BCUT2D eigenvalue weighted by Gasteiger charge is 2.17. The van der Waals surface area contributed by atoms with Crippen molar-refractivity contribution in [2.75, 3.05) is 4.72 Å². The van der Waals surface area contributed by atoms with E-state index in [1.165, 1.54) is 12.3 Å². The van der Waals surface area contributed by atoms with Crippen molar-refractivity contribution in [3.05, 3.63) is 41.9 Å². The highest BCUT2D eigenvalue weighted by molar-refractivity contribution is 7.92. The van der Waals surface area contributed by atoms with Gasteiger partial charge in [-0.2, -0.15) is 13.7 Å². The number of nitrogens with one attached hydrogen (secondary N) is 2. The zero-order chi connectivity index (χ0) is 13.9. The lowest BCUT2D eigenvalue weighted by Crippen LogP contribution is -2.13. The predicted octanol–water partition coefficient (Wildman–Crippen LogP) is 1.64. The molecule has 2 rings (SSSR count). The minimum absolute atomic E-state index is 0.00621. The molecule has 1 aromatic carbocycles. The van der Waals surface area contributed by atoms with Crippen LogP contribution in [0.5, 0.6) is 0 Å². The molecule has 0 saturated heterocycles. The number of hydrogen-bond donors (Lipinski definition) is 2. The summed E-state index contributed by atoms with van der Waals surface area (Å²) in [5.41, 5.74) is 0.728. The van der Waals surface area contributed by atoms with Gasteiger partial charge in [0, 0.05) is 6.42 Å². The summed E-state index contributed by atoms with van der Waals surface area (Å²) in [5, 5.41) is 8.78. The minimum Gasteiger partial charge on any atom is -0.332 e. The Morgan fingerprint density at radius 1 is 1.47 bits per heavy atom. The Hall–Kier alpha value is -2.33. The second-order valence-corrected chi connectivity index (χ2v) is 5.50. The van der Waals surface area contributed by atoms with Gasteiger partial charge >= 0.3 is 0 Å².